The molecule has 0 spiro atoms. The number of hydrogen-bond donors (Lipinski definition) is 2. The molecule has 0 bridgehead atoms. The van der Waals surface area contributed by atoms with Crippen LogP contribution < -0.4 is 10.6 Å². The number of nitrogens with one attached hydrogen (secondary N) is 2. The highest BCUT2D eigenvalue weighted by molar-refractivity contribution is 7.89. The second-order valence-electron chi connectivity index (χ2n) is 11.1. The van der Waals surface area contributed by atoms with Gasteiger partial charge in [-0.3, -0.25) is 14.4 Å². The summed E-state index contributed by atoms with van der Waals surface area (Å²) in [5.41, 5.74) is 0.755. The lowest BCUT2D eigenvalue weighted by molar-refractivity contribution is -0.129. The maximum absolute atomic E-state index is 13.6. The normalized spacial score (nSPS) is 19.4. The van der Waals surface area contributed by atoms with Gasteiger partial charge in [0.05, 0.1) is 12.6 Å². The number of sulfonamides is 1. The fraction of sp³-hybridized carbons (Fsp3) is 0.419. The number of pyridine rings is 1. The van der Waals surface area contributed by atoms with Crippen molar-refractivity contribution in [2.75, 3.05) is 13.1 Å². The minimum Gasteiger partial charge on any atom is -0.451 e. The van der Waals surface area contributed by atoms with Gasteiger partial charge in [0.25, 0.3) is 15.9 Å². The van der Waals surface area contributed by atoms with Gasteiger partial charge in [0.15, 0.2) is 16.6 Å². The van der Waals surface area contributed by atoms with Crippen molar-refractivity contribution in [1.29, 1.82) is 0 Å². The fourth-order valence-corrected chi connectivity index (χ4v) is 7.21. The number of furan rings is 1. The summed E-state index contributed by atoms with van der Waals surface area (Å²) in [6.45, 7) is -0.239. The van der Waals surface area contributed by atoms with Gasteiger partial charge < -0.3 is 15.1 Å². The van der Waals surface area contributed by atoms with E-state index in [0.717, 1.165) is 42.0 Å². The first kappa shape index (κ1) is 30.9. The number of aromatic nitrogens is 1. The van der Waals surface area contributed by atoms with Crippen LogP contribution in [0.15, 0.2) is 70.2 Å². The van der Waals surface area contributed by atoms with E-state index in [9.17, 15) is 22.8 Å². The van der Waals surface area contributed by atoms with Crippen LogP contribution in [-0.4, -0.2) is 60.5 Å². The highest BCUT2D eigenvalue weighted by Crippen LogP contribution is 2.28. The molecule has 1 unspecified atom stereocenters. The Morgan fingerprint density at radius 3 is 2.49 bits per heavy atom. The number of halogens is 1. The Bertz CT molecular complexity index is 1540. The molecule has 1 aliphatic heterocycles. The first-order chi connectivity index (χ1) is 20.7. The molecule has 43 heavy (non-hydrogen) atoms. The Morgan fingerprint density at radius 1 is 1.00 bits per heavy atom. The number of Topliss-reactive ketones (excluding diaryl/α,β-unsaturated/α-hetero) is 1. The van der Waals surface area contributed by atoms with E-state index < -0.39 is 39.7 Å². The standard InChI is InChI=1S/C31H35ClN4O6S/c32-23-13-11-22(12-14-23)27-15-16-28(42-27)31(39)35-25(19-21-7-2-1-3-8-21)30(38)34-24-9-6-18-36(20-26(24)37)43(40,41)29-10-4-5-17-33-29/h4-5,10-17,21,24-25H,1-3,6-9,18-20H2,(H,34,38)(H,35,39)/t24?,25-/m0/s1. The predicted molar refractivity (Wildman–Crippen MR) is 161 cm³/mol. The van der Waals surface area contributed by atoms with Crippen molar-refractivity contribution < 1.29 is 27.2 Å². The zero-order chi connectivity index (χ0) is 30.4. The van der Waals surface area contributed by atoms with Gasteiger partial charge in [-0.05, 0) is 73.7 Å². The van der Waals surface area contributed by atoms with Crippen molar-refractivity contribution in [2.24, 2.45) is 5.92 Å². The molecular weight excluding hydrogens is 592 g/mol. The van der Waals surface area contributed by atoms with Gasteiger partial charge in [-0.25, -0.2) is 13.4 Å². The smallest absolute Gasteiger partial charge is 0.287 e. The summed E-state index contributed by atoms with van der Waals surface area (Å²) in [7, 11) is -3.96. The van der Waals surface area contributed by atoms with Crippen LogP contribution >= 0.6 is 11.6 Å². The Hall–Kier alpha value is -3.54. The van der Waals surface area contributed by atoms with Crippen molar-refractivity contribution in [3.05, 3.63) is 71.6 Å². The summed E-state index contributed by atoms with van der Waals surface area (Å²) < 4.78 is 33.0. The van der Waals surface area contributed by atoms with E-state index in [1.54, 1.807) is 48.5 Å². The van der Waals surface area contributed by atoms with Gasteiger partial charge in [-0.2, -0.15) is 4.31 Å². The minimum absolute atomic E-state index is 0.0623. The Kier molecular flexibility index (Phi) is 9.94. The van der Waals surface area contributed by atoms with E-state index in [2.05, 4.69) is 15.6 Å². The molecule has 1 aliphatic carbocycles. The van der Waals surface area contributed by atoms with Crippen LogP contribution in [0, 0.1) is 5.92 Å². The van der Waals surface area contributed by atoms with Gasteiger partial charge in [-0.15, -0.1) is 0 Å². The minimum atomic E-state index is -3.96. The van der Waals surface area contributed by atoms with Crippen LogP contribution in [0.2, 0.25) is 5.02 Å². The Labute approximate surface area is 256 Å². The lowest BCUT2D eigenvalue weighted by Gasteiger charge is -2.27. The van der Waals surface area contributed by atoms with Crippen LogP contribution in [0.4, 0.5) is 0 Å². The van der Waals surface area contributed by atoms with Crippen molar-refractivity contribution in [1.82, 2.24) is 19.9 Å². The maximum Gasteiger partial charge on any atom is 0.287 e. The van der Waals surface area contributed by atoms with E-state index in [4.69, 9.17) is 16.0 Å². The number of hydrogen-bond acceptors (Lipinski definition) is 7. The molecule has 2 amide bonds. The third-order valence-electron chi connectivity index (χ3n) is 8.05. The van der Waals surface area contributed by atoms with Gasteiger partial charge in [0.1, 0.15) is 11.8 Å². The number of carbonyl (C=O) groups is 3. The molecule has 3 heterocycles. The quantitative estimate of drug-likeness (QED) is 0.354. The van der Waals surface area contributed by atoms with Crippen LogP contribution in [0.25, 0.3) is 11.3 Å². The average molecular weight is 627 g/mol. The van der Waals surface area contributed by atoms with E-state index in [0.29, 0.717) is 23.6 Å². The van der Waals surface area contributed by atoms with Gasteiger partial charge in [-0.1, -0.05) is 49.8 Å². The molecule has 2 N–H and O–H groups in total. The maximum atomic E-state index is 13.6. The first-order valence-corrected chi connectivity index (χ1v) is 16.4. The number of ketones is 1. The Balaban J connectivity index is 1.27. The summed E-state index contributed by atoms with van der Waals surface area (Å²) in [6, 6.07) is 13.1. The van der Waals surface area contributed by atoms with Crippen molar-refractivity contribution in [3.8, 4) is 11.3 Å². The number of carbonyl (C=O) groups excluding carboxylic acids is 3. The summed E-state index contributed by atoms with van der Waals surface area (Å²) >= 11 is 5.98. The van der Waals surface area contributed by atoms with Crippen LogP contribution in [-0.2, 0) is 19.6 Å². The second kappa shape index (κ2) is 13.8. The number of amides is 2. The van der Waals surface area contributed by atoms with Crippen LogP contribution in [0.5, 0.6) is 0 Å². The second-order valence-corrected chi connectivity index (χ2v) is 13.4. The van der Waals surface area contributed by atoms with Crippen molar-refractivity contribution >= 4 is 39.2 Å². The summed E-state index contributed by atoms with van der Waals surface area (Å²) in [5.74, 6) is -0.600. The zero-order valence-electron chi connectivity index (χ0n) is 23.7. The molecule has 12 heteroatoms. The molecule has 1 saturated heterocycles. The van der Waals surface area contributed by atoms with Crippen molar-refractivity contribution in [3.63, 3.8) is 0 Å². The highest BCUT2D eigenvalue weighted by Gasteiger charge is 2.35. The van der Waals surface area contributed by atoms with E-state index in [1.807, 2.05) is 0 Å². The average Bonchev–Trinajstić information content (AvgIpc) is 3.44. The third-order valence-corrected chi connectivity index (χ3v) is 10.1. The topological polar surface area (TPSA) is 139 Å². The number of benzene rings is 1. The number of rotatable bonds is 9. The SMILES string of the molecule is O=C(N[C@@H](CC1CCCCC1)C(=O)NC1CCCN(S(=O)(=O)c2ccccn2)CC1=O)c1ccc(-c2ccc(Cl)cc2)o1. The third kappa shape index (κ3) is 7.70. The van der Waals surface area contributed by atoms with Gasteiger partial charge in [0, 0.05) is 23.3 Å². The molecule has 3 aromatic rings. The van der Waals surface area contributed by atoms with Crippen LogP contribution in [0.3, 0.4) is 0 Å². The lowest BCUT2D eigenvalue weighted by Crippen LogP contribution is -2.53. The highest BCUT2D eigenvalue weighted by atomic mass is 35.5. The van der Waals surface area contributed by atoms with Gasteiger partial charge >= 0.3 is 0 Å². The fourth-order valence-electron chi connectivity index (χ4n) is 5.70. The predicted octanol–water partition coefficient (Wildman–Crippen LogP) is 4.60. The molecule has 2 atom stereocenters. The van der Waals surface area contributed by atoms with Crippen LogP contribution in [0.1, 0.15) is 61.9 Å². The summed E-state index contributed by atoms with van der Waals surface area (Å²) in [6.07, 6.45) is 7.69. The molecular formula is C31H35ClN4O6S. The summed E-state index contributed by atoms with van der Waals surface area (Å²) in [5, 5.41) is 6.11. The monoisotopic (exact) mass is 626 g/mol. The van der Waals surface area contributed by atoms with E-state index in [1.165, 1.54) is 12.3 Å². The van der Waals surface area contributed by atoms with E-state index >= 15 is 0 Å². The molecule has 5 rings (SSSR count). The first-order valence-electron chi connectivity index (χ1n) is 14.6. The number of nitrogens with zero attached hydrogens (tertiary/aromatic N) is 2. The molecule has 2 aromatic heterocycles. The van der Waals surface area contributed by atoms with E-state index in [-0.39, 0.29) is 36.2 Å². The molecule has 2 fully saturated rings. The Morgan fingerprint density at radius 2 is 1.77 bits per heavy atom. The lowest BCUT2D eigenvalue weighted by atomic mass is 9.84. The zero-order valence-corrected chi connectivity index (χ0v) is 25.3. The largest absolute Gasteiger partial charge is 0.451 e. The molecule has 1 aromatic carbocycles. The molecule has 2 aliphatic rings. The van der Waals surface area contributed by atoms with Gasteiger partial charge in [0.2, 0.25) is 5.91 Å². The molecule has 228 valence electrons. The van der Waals surface area contributed by atoms with Crippen molar-refractivity contribution in [2.45, 2.75) is 68.5 Å². The molecule has 0 radical (unpaired) electrons. The molecule has 1 saturated carbocycles. The molecule has 10 nitrogen and oxygen atoms in total. The summed E-state index contributed by atoms with van der Waals surface area (Å²) in [4.78, 5) is 44.0.